The standard InChI is InChI=1S/C17H15F3N2O7/c1-22(2)16(26)29-21-14(17(18,19)20)13(24)11-7-9-3-4-10(27-6-5-23)8-12(9)28-15(11)25/h3-4,7-8,23H,5-6H2,1-2H3/b21-14+. The average molecular weight is 416 g/mol. The Kier molecular flexibility index (Phi) is 6.59. The Morgan fingerprint density at radius 3 is 2.52 bits per heavy atom. The van der Waals surface area contributed by atoms with E-state index in [9.17, 15) is 27.6 Å². The van der Waals surface area contributed by atoms with Gasteiger partial charge in [-0.2, -0.15) is 13.2 Å². The van der Waals surface area contributed by atoms with Gasteiger partial charge in [-0.05, 0) is 18.2 Å². The van der Waals surface area contributed by atoms with E-state index in [2.05, 4.69) is 9.99 Å². The second-order valence-corrected chi connectivity index (χ2v) is 5.74. The van der Waals surface area contributed by atoms with Crippen molar-refractivity contribution in [3.8, 4) is 5.75 Å². The van der Waals surface area contributed by atoms with Gasteiger partial charge in [-0.25, -0.2) is 9.59 Å². The number of hydrogen-bond donors (Lipinski definition) is 1. The first-order valence-electron chi connectivity index (χ1n) is 7.94. The van der Waals surface area contributed by atoms with Crippen LogP contribution >= 0.6 is 0 Å². The SMILES string of the molecule is CN(C)C(=O)O/N=C(\C(=O)c1cc2ccc(OCCO)cc2oc1=O)C(F)(F)F. The molecule has 0 aliphatic carbocycles. The number of ketones is 1. The zero-order chi connectivity index (χ0) is 21.8. The number of hydrogen-bond acceptors (Lipinski definition) is 8. The van der Waals surface area contributed by atoms with E-state index >= 15 is 0 Å². The molecular weight excluding hydrogens is 401 g/mol. The molecule has 2 rings (SSSR count). The molecule has 0 bridgehead atoms. The van der Waals surface area contributed by atoms with Crippen LogP contribution in [0, 0.1) is 0 Å². The van der Waals surface area contributed by atoms with Crippen LogP contribution in [0.4, 0.5) is 18.0 Å². The van der Waals surface area contributed by atoms with Crippen molar-refractivity contribution in [2.75, 3.05) is 27.3 Å². The van der Waals surface area contributed by atoms with Crippen LogP contribution in [0.25, 0.3) is 11.0 Å². The van der Waals surface area contributed by atoms with Crippen molar-refractivity contribution in [3.63, 3.8) is 0 Å². The number of ether oxygens (including phenoxy) is 1. The number of Topliss-reactive ketones (excluding diaryl/α,β-unsaturated/α-hetero) is 1. The minimum atomic E-state index is -5.30. The van der Waals surface area contributed by atoms with E-state index in [1.54, 1.807) is 0 Å². The highest BCUT2D eigenvalue weighted by Crippen LogP contribution is 2.23. The van der Waals surface area contributed by atoms with Crippen molar-refractivity contribution in [1.29, 1.82) is 0 Å². The number of rotatable bonds is 6. The van der Waals surface area contributed by atoms with Gasteiger partial charge < -0.3 is 19.2 Å². The number of nitrogens with zero attached hydrogens (tertiary/aromatic N) is 2. The third-order valence-corrected chi connectivity index (χ3v) is 3.38. The quantitative estimate of drug-likeness (QED) is 0.251. The maximum atomic E-state index is 13.2. The highest BCUT2D eigenvalue weighted by molar-refractivity contribution is 6.47. The summed E-state index contributed by atoms with van der Waals surface area (Å²) in [6.45, 7) is -0.281. The number of carbonyl (C=O) groups excluding carboxylic acids is 2. The largest absolute Gasteiger partial charge is 0.491 e. The van der Waals surface area contributed by atoms with Gasteiger partial charge in [0.25, 0.3) is 0 Å². The summed E-state index contributed by atoms with van der Waals surface area (Å²) in [6.07, 6.45) is -6.55. The number of fused-ring (bicyclic) bond motifs is 1. The number of alkyl halides is 3. The Morgan fingerprint density at radius 1 is 1.24 bits per heavy atom. The lowest BCUT2D eigenvalue weighted by Gasteiger charge is -2.11. The summed E-state index contributed by atoms with van der Waals surface area (Å²) in [4.78, 5) is 40.5. The van der Waals surface area contributed by atoms with Gasteiger partial charge in [-0.15, -0.1) is 0 Å². The summed E-state index contributed by atoms with van der Waals surface area (Å²) in [6, 6.07) is 4.93. The van der Waals surface area contributed by atoms with E-state index in [1.165, 1.54) is 32.3 Å². The highest BCUT2D eigenvalue weighted by atomic mass is 19.4. The van der Waals surface area contributed by atoms with Crippen molar-refractivity contribution in [1.82, 2.24) is 4.90 Å². The number of halogens is 3. The number of benzene rings is 1. The van der Waals surface area contributed by atoms with Gasteiger partial charge in [0.15, 0.2) is 0 Å². The predicted molar refractivity (Wildman–Crippen MR) is 93.1 cm³/mol. The van der Waals surface area contributed by atoms with E-state index in [4.69, 9.17) is 14.3 Å². The second-order valence-electron chi connectivity index (χ2n) is 5.74. The van der Waals surface area contributed by atoms with Crippen molar-refractivity contribution in [2.45, 2.75) is 6.18 Å². The molecule has 0 unspecified atom stereocenters. The number of aliphatic hydroxyl groups excluding tert-OH is 1. The molecular formula is C17H15F3N2O7. The fourth-order valence-corrected chi connectivity index (χ4v) is 2.02. The van der Waals surface area contributed by atoms with E-state index in [0.29, 0.717) is 0 Å². The molecule has 1 heterocycles. The topological polar surface area (TPSA) is 119 Å². The van der Waals surface area contributed by atoms with Crippen molar-refractivity contribution >= 4 is 28.6 Å². The fourth-order valence-electron chi connectivity index (χ4n) is 2.02. The van der Waals surface area contributed by atoms with Gasteiger partial charge in [0.05, 0.1) is 6.61 Å². The maximum Gasteiger partial charge on any atom is 0.440 e. The first-order valence-corrected chi connectivity index (χ1v) is 7.94. The Bertz CT molecular complexity index is 1010. The number of oxime groups is 1. The fraction of sp³-hybridized carbons (Fsp3) is 0.294. The van der Waals surface area contributed by atoms with Gasteiger partial charge in [0, 0.05) is 25.5 Å². The second kappa shape index (κ2) is 8.73. The number of amides is 1. The molecule has 0 saturated heterocycles. The minimum absolute atomic E-state index is 0.0244. The van der Waals surface area contributed by atoms with Crippen molar-refractivity contribution < 1.29 is 41.9 Å². The van der Waals surface area contributed by atoms with Crippen molar-refractivity contribution in [2.24, 2.45) is 5.16 Å². The number of aliphatic hydroxyl groups is 1. The summed E-state index contributed by atoms with van der Waals surface area (Å²) in [7, 11) is 2.40. The van der Waals surface area contributed by atoms with Crippen LogP contribution in [-0.2, 0) is 4.84 Å². The van der Waals surface area contributed by atoms with Gasteiger partial charge in [-0.1, -0.05) is 5.16 Å². The van der Waals surface area contributed by atoms with Crippen LogP contribution in [0.3, 0.4) is 0 Å². The van der Waals surface area contributed by atoms with Gasteiger partial charge >= 0.3 is 17.9 Å². The summed E-state index contributed by atoms with van der Waals surface area (Å²) < 4.78 is 49.6. The van der Waals surface area contributed by atoms with Crippen LogP contribution in [0.5, 0.6) is 5.75 Å². The zero-order valence-corrected chi connectivity index (χ0v) is 15.1. The molecule has 0 saturated carbocycles. The van der Waals surface area contributed by atoms with E-state index in [1.807, 2.05) is 0 Å². The normalized spacial score (nSPS) is 12.0. The molecule has 1 aromatic carbocycles. The summed E-state index contributed by atoms with van der Waals surface area (Å²) in [5.74, 6) is -1.58. The van der Waals surface area contributed by atoms with Crippen LogP contribution < -0.4 is 10.4 Å². The Labute approximate surface area is 160 Å². The first kappa shape index (κ1) is 21.9. The molecule has 9 nitrogen and oxygen atoms in total. The first-order chi connectivity index (χ1) is 13.5. The zero-order valence-electron chi connectivity index (χ0n) is 15.1. The third kappa shape index (κ3) is 5.31. The van der Waals surface area contributed by atoms with E-state index in [-0.39, 0.29) is 29.9 Å². The molecule has 0 radical (unpaired) electrons. The average Bonchev–Trinajstić information content (AvgIpc) is 2.64. The Balaban J connectivity index is 2.45. The lowest BCUT2D eigenvalue weighted by atomic mass is 10.1. The molecule has 156 valence electrons. The van der Waals surface area contributed by atoms with Crippen LogP contribution in [0.2, 0.25) is 0 Å². The van der Waals surface area contributed by atoms with Crippen LogP contribution in [-0.4, -0.2) is 61.1 Å². The smallest absolute Gasteiger partial charge is 0.440 e. The Hall–Kier alpha value is -3.41. The van der Waals surface area contributed by atoms with E-state index in [0.717, 1.165) is 11.0 Å². The van der Waals surface area contributed by atoms with Crippen LogP contribution in [0.15, 0.2) is 38.6 Å². The molecule has 1 amide bonds. The van der Waals surface area contributed by atoms with E-state index < -0.39 is 35.0 Å². The van der Waals surface area contributed by atoms with Gasteiger partial charge in [-0.3, -0.25) is 9.63 Å². The summed E-state index contributed by atoms with van der Waals surface area (Å²) in [5, 5.41) is 11.5. The minimum Gasteiger partial charge on any atom is -0.491 e. The molecule has 0 aliphatic heterocycles. The van der Waals surface area contributed by atoms with Crippen LogP contribution in [0.1, 0.15) is 10.4 Å². The van der Waals surface area contributed by atoms with Gasteiger partial charge in [0.2, 0.25) is 11.5 Å². The molecule has 1 aromatic heterocycles. The lowest BCUT2D eigenvalue weighted by molar-refractivity contribution is -0.0605. The van der Waals surface area contributed by atoms with Gasteiger partial charge in [0.1, 0.15) is 23.5 Å². The lowest BCUT2D eigenvalue weighted by Crippen LogP contribution is -2.35. The summed E-state index contributed by atoms with van der Waals surface area (Å²) in [5.41, 5.74) is -4.44. The Morgan fingerprint density at radius 2 is 1.93 bits per heavy atom. The molecule has 12 heteroatoms. The summed E-state index contributed by atoms with van der Waals surface area (Å²) >= 11 is 0. The predicted octanol–water partition coefficient (Wildman–Crippen LogP) is 1.96. The molecule has 0 atom stereocenters. The molecule has 1 N–H and O–H groups in total. The molecule has 0 spiro atoms. The molecule has 2 aromatic rings. The number of carbonyl (C=O) groups is 2. The highest BCUT2D eigenvalue weighted by Gasteiger charge is 2.43. The maximum absolute atomic E-state index is 13.2. The van der Waals surface area contributed by atoms with Crippen molar-refractivity contribution in [3.05, 3.63) is 40.2 Å². The molecule has 0 fully saturated rings. The monoisotopic (exact) mass is 416 g/mol. The third-order valence-electron chi connectivity index (χ3n) is 3.38. The molecule has 0 aliphatic rings. The molecule has 29 heavy (non-hydrogen) atoms.